The van der Waals surface area contributed by atoms with E-state index in [9.17, 15) is 13.6 Å². The van der Waals surface area contributed by atoms with Gasteiger partial charge < -0.3 is 4.74 Å². The summed E-state index contributed by atoms with van der Waals surface area (Å²) < 4.78 is 33.7. The molecule has 1 atom stereocenters. The third-order valence-corrected chi connectivity index (χ3v) is 7.26. The van der Waals surface area contributed by atoms with Crippen molar-refractivity contribution in [2.75, 3.05) is 0 Å². The predicted molar refractivity (Wildman–Crippen MR) is 136 cm³/mol. The summed E-state index contributed by atoms with van der Waals surface area (Å²) in [6.07, 6.45) is 5.21. The normalized spacial score (nSPS) is 18.7. The van der Waals surface area contributed by atoms with Crippen LogP contribution < -0.4 is 4.74 Å². The molecule has 0 amide bonds. The zero-order chi connectivity index (χ0) is 24.8. The minimum atomic E-state index is -0.653. The zero-order valence-electron chi connectivity index (χ0n) is 20.6. The highest BCUT2D eigenvalue weighted by Gasteiger charge is 2.29. The van der Waals surface area contributed by atoms with Crippen LogP contribution in [-0.2, 0) is 17.6 Å². The average molecular weight is 477 g/mol. The van der Waals surface area contributed by atoms with E-state index in [1.165, 1.54) is 16.7 Å². The van der Waals surface area contributed by atoms with Gasteiger partial charge in [-0.05, 0) is 67.1 Å². The Morgan fingerprint density at radius 1 is 0.943 bits per heavy atom. The lowest BCUT2D eigenvalue weighted by Gasteiger charge is -2.27. The van der Waals surface area contributed by atoms with Crippen molar-refractivity contribution in [2.45, 2.75) is 70.6 Å². The van der Waals surface area contributed by atoms with Gasteiger partial charge in [-0.2, -0.15) is 0 Å². The molecule has 3 aromatic rings. The van der Waals surface area contributed by atoms with E-state index in [0.29, 0.717) is 24.7 Å². The number of ether oxygens (including phenoxy) is 1. The zero-order valence-corrected chi connectivity index (χ0v) is 20.6. The lowest BCUT2D eigenvalue weighted by molar-refractivity contribution is -0.140. The van der Waals surface area contributed by atoms with Gasteiger partial charge in [-0.15, -0.1) is 0 Å². The molecule has 0 aromatic heterocycles. The van der Waals surface area contributed by atoms with Gasteiger partial charge in [0.2, 0.25) is 0 Å². The second-order valence-corrected chi connectivity index (χ2v) is 9.84. The Balaban J connectivity index is 1.29. The van der Waals surface area contributed by atoms with E-state index in [-0.39, 0.29) is 17.2 Å². The van der Waals surface area contributed by atoms with Crippen LogP contribution in [0.4, 0.5) is 8.78 Å². The molecule has 2 nitrogen and oxygen atoms in total. The van der Waals surface area contributed by atoms with Gasteiger partial charge in [-0.3, -0.25) is 4.79 Å². The summed E-state index contributed by atoms with van der Waals surface area (Å²) in [5, 5.41) is 0. The first-order chi connectivity index (χ1) is 16.9. The molecule has 0 N–H and O–H groups in total. The van der Waals surface area contributed by atoms with Gasteiger partial charge in [-0.25, -0.2) is 8.78 Å². The van der Waals surface area contributed by atoms with Crippen LogP contribution in [0.15, 0.2) is 66.7 Å². The summed E-state index contributed by atoms with van der Waals surface area (Å²) in [4.78, 5) is 12.6. The smallest absolute Gasteiger partial charge is 0.314 e. The van der Waals surface area contributed by atoms with Crippen molar-refractivity contribution >= 4 is 5.97 Å². The molecular formula is C31H34F2O2. The highest BCUT2D eigenvalue weighted by atomic mass is 19.1. The molecule has 0 radical (unpaired) electrons. The molecule has 0 spiro atoms. The Bertz CT molecular complexity index is 1090. The summed E-state index contributed by atoms with van der Waals surface area (Å²) in [6, 6.07) is 21.7. The topological polar surface area (TPSA) is 26.3 Å². The van der Waals surface area contributed by atoms with Crippen LogP contribution in [0, 0.1) is 17.6 Å². The Hall–Kier alpha value is -3.01. The minimum absolute atomic E-state index is 0.0488. The van der Waals surface area contributed by atoms with E-state index in [4.69, 9.17) is 4.74 Å². The molecule has 0 aliphatic heterocycles. The summed E-state index contributed by atoms with van der Waals surface area (Å²) in [7, 11) is 0. The number of benzene rings is 3. The van der Waals surface area contributed by atoms with Gasteiger partial charge in [-0.1, -0.05) is 74.9 Å². The SMILES string of the molecule is CCCc1c(F)cc(OC(=O)C2CCC(c3ccc(C[C@H](C)c4ccccc4)cc3)CC2)cc1F. The van der Waals surface area contributed by atoms with Gasteiger partial charge in [0.15, 0.2) is 0 Å². The maximum atomic E-state index is 14.2. The third kappa shape index (κ3) is 6.36. The maximum Gasteiger partial charge on any atom is 0.314 e. The monoisotopic (exact) mass is 476 g/mol. The van der Waals surface area contributed by atoms with Crippen molar-refractivity contribution in [1.82, 2.24) is 0 Å². The number of halogens is 2. The standard InChI is InChI=1S/C31H34F2O2/c1-3-7-28-29(32)19-27(20-30(28)33)35-31(34)26-16-14-25(15-17-26)24-12-10-22(11-13-24)18-21(2)23-8-5-4-6-9-23/h4-6,8-13,19-21,25-26H,3,7,14-18H2,1-2H3/t21-,25?,26?/m0/s1. The molecule has 1 aliphatic carbocycles. The molecule has 0 bridgehead atoms. The first-order valence-electron chi connectivity index (χ1n) is 12.8. The summed E-state index contributed by atoms with van der Waals surface area (Å²) in [5.41, 5.74) is 4.04. The number of carbonyl (C=O) groups excluding carboxylic acids is 1. The molecule has 0 unspecified atom stereocenters. The lowest BCUT2D eigenvalue weighted by Crippen LogP contribution is -2.25. The van der Waals surface area contributed by atoms with E-state index in [1.807, 2.05) is 13.0 Å². The van der Waals surface area contributed by atoms with E-state index in [1.54, 1.807) is 0 Å². The van der Waals surface area contributed by atoms with Gasteiger partial charge >= 0.3 is 5.97 Å². The van der Waals surface area contributed by atoms with Gasteiger partial charge in [0, 0.05) is 17.7 Å². The molecule has 3 aromatic carbocycles. The first kappa shape index (κ1) is 25.1. The molecular weight excluding hydrogens is 442 g/mol. The molecule has 1 saturated carbocycles. The van der Waals surface area contributed by atoms with Crippen molar-refractivity contribution in [3.8, 4) is 5.75 Å². The van der Waals surface area contributed by atoms with Crippen LogP contribution in [0.1, 0.15) is 80.0 Å². The maximum absolute atomic E-state index is 14.2. The number of carbonyl (C=O) groups is 1. The summed E-state index contributed by atoms with van der Waals surface area (Å²) in [6.45, 7) is 4.12. The number of rotatable bonds is 8. The fraction of sp³-hybridized carbons (Fsp3) is 0.387. The highest BCUT2D eigenvalue weighted by Crippen LogP contribution is 2.37. The quantitative estimate of drug-likeness (QED) is 0.242. The third-order valence-electron chi connectivity index (χ3n) is 7.26. The summed E-state index contributed by atoms with van der Waals surface area (Å²) >= 11 is 0. The van der Waals surface area contributed by atoms with Gasteiger partial charge in [0.05, 0.1) is 5.92 Å². The van der Waals surface area contributed by atoms with Crippen molar-refractivity contribution in [2.24, 2.45) is 5.92 Å². The van der Waals surface area contributed by atoms with Crippen LogP contribution in [0.25, 0.3) is 0 Å². The molecule has 1 fully saturated rings. The van der Waals surface area contributed by atoms with E-state index in [0.717, 1.165) is 44.2 Å². The second kappa shape index (κ2) is 11.6. The number of hydrogen-bond donors (Lipinski definition) is 0. The highest BCUT2D eigenvalue weighted by molar-refractivity contribution is 5.75. The average Bonchev–Trinajstić information content (AvgIpc) is 2.87. The Morgan fingerprint density at radius 2 is 1.57 bits per heavy atom. The Labute approximate surface area is 207 Å². The van der Waals surface area contributed by atoms with Crippen molar-refractivity contribution in [3.05, 3.63) is 101 Å². The van der Waals surface area contributed by atoms with Crippen molar-refractivity contribution in [3.63, 3.8) is 0 Å². The Morgan fingerprint density at radius 3 is 2.17 bits per heavy atom. The molecule has 0 saturated heterocycles. The molecule has 1 aliphatic rings. The largest absolute Gasteiger partial charge is 0.426 e. The van der Waals surface area contributed by atoms with E-state index >= 15 is 0 Å². The number of esters is 1. The van der Waals surface area contributed by atoms with Crippen molar-refractivity contribution in [1.29, 1.82) is 0 Å². The molecule has 4 heteroatoms. The number of hydrogen-bond acceptors (Lipinski definition) is 2. The predicted octanol–water partition coefficient (Wildman–Crippen LogP) is 8.14. The van der Waals surface area contributed by atoms with Gasteiger partial charge in [0.25, 0.3) is 0 Å². The van der Waals surface area contributed by atoms with Crippen LogP contribution in [0.5, 0.6) is 5.75 Å². The summed E-state index contributed by atoms with van der Waals surface area (Å²) in [5.74, 6) is -1.10. The molecule has 35 heavy (non-hydrogen) atoms. The molecule has 0 heterocycles. The van der Waals surface area contributed by atoms with E-state index < -0.39 is 17.6 Å². The van der Waals surface area contributed by atoms with Gasteiger partial charge in [0.1, 0.15) is 17.4 Å². The van der Waals surface area contributed by atoms with Crippen LogP contribution >= 0.6 is 0 Å². The first-order valence-corrected chi connectivity index (χ1v) is 12.8. The molecule has 184 valence electrons. The fourth-order valence-electron chi connectivity index (χ4n) is 5.17. The van der Waals surface area contributed by atoms with Crippen LogP contribution in [-0.4, -0.2) is 5.97 Å². The minimum Gasteiger partial charge on any atom is -0.426 e. The van der Waals surface area contributed by atoms with Crippen LogP contribution in [0.3, 0.4) is 0 Å². The fourth-order valence-corrected chi connectivity index (χ4v) is 5.17. The lowest BCUT2D eigenvalue weighted by atomic mass is 9.78. The second-order valence-electron chi connectivity index (χ2n) is 9.84. The van der Waals surface area contributed by atoms with E-state index in [2.05, 4.69) is 55.5 Å². The van der Waals surface area contributed by atoms with Crippen molar-refractivity contribution < 1.29 is 18.3 Å². The Kier molecular flexibility index (Phi) is 8.33. The van der Waals surface area contributed by atoms with Crippen LogP contribution in [0.2, 0.25) is 0 Å². The molecule has 4 rings (SSSR count).